The number of nitrogens with one attached hydrogen (secondary N) is 2. The second-order valence-corrected chi connectivity index (χ2v) is 8.35. The molecule has 0 saturated heterocycles. The van der Waals surface area contributed by atoms with Crippen molar-refractivity contribution in [3.8, 4) is 0 Å². The van der Waals surface area contributed by atoms with E-state index in [4.69, 9.17) is 0 Å². The summed E-state index contributed by atoms with van der Waals surface area (Å²) >= 11 is 1.31. The van der Waals surface area contributed by atoms with Crippen LogP contribution in [0.5, 0.6) is 0 Å². The highest BCUT2D eigenvalue weighted by Crippen LogP contribution is 2.21. The van der Waals surface area contributed by atoms with Crippen molar-refractivity contribution in [1.29, 1.82) is 0 Å². The number of amides is 2. The van der Waals surface area contributed by atoms with E-state index in [1.807, 2.05) is 49.5 Å². The maximum atomic E-state index is 12.8. The highest BCUT2D eigenvalue weighted by Gasteiger charge is 2.11. The van der Waals surface area contributed by atoms with E-state index in [1.54, 1.807) is 35.2 Å². The molecule has 0 aliphatic heterocycles. The summed E-state index contributed by atoms with van der Waals surface area (Å²) in [5, 5.41) is 14.2. The van der Waals surface area contributed by atoms with Gasteiger partial charge in [0.15, 0.2) is 5.16 Å². The predicted molar refractivity (Wildman–Crippen MR) is 130 cm³/mol. The van der Waals surface area contributed by atoms with Crippen molar-refractivity contribution in [2.75, 3.05) is 16.4 Å². The summed E-state index contributed by atoms with van der Waals surface area (Å²) < 4.78 is 1.75. The first-order valence-electron chi connectivity index (χ1n) is 10.4. The zero-order valence-corrected chi connectivity index (χ0v) is 18.9. The van der Waals surface area contributed by atoms with Gasteiger partial charge in [-0.3, -0.25) is 9.59 Å². The van der Waals surface area contributed by atoms with Gasteiger partial charge in [0.1, 0.15) is 6.33 Å². The van der Waals surface area contributed by atoms with Gasteiger partial charge in [-0.1, -0.05) is 60.3 Å². The van der Waals surface area contributed by atoms with E-state index in [2.05, 4.69) is 33.0 Å². The molecule has 2 N–H and O–H groups in total. The first-order valence-corrected chi connectivity index (χ1v) is 11.4. The number of carbonyl (C=O) groups is 2. The van der Waals surface area contributed by atoms with Crippen LogP contribution < -0.4 is 10.6 Å². The number of aryl methyl sites for hydroxylation is 1. The standard InChI is InChI=1S/C25H23N5O2S/c1-30-17-26-29-25(30)33-16-23(31)27-21-13-11-19(12-14-21)24(32)28-22-10-6-5-9-20(22)15-18-7-3-2-4-8-18/h2-14,17H,15-16H2,1H3,(H,27,31)(H,28,32). The van der Waals surface area contributed by atoms with Crippen molar-refractivity contribution in [1.82, 2.24) is 14.8 Å². The van der Waals surface area contributed by atoms with Crippen LogP contribution in [-0.4, -0.2) is 32.3 Å². The fourth-order valence-electron chi connectivity index (χ4n) is 3.24. The van der Waals surface area contributed by atoms with Gasteiger partial charge in [-0.25, -0.2) is 0 Å². The number of rotatable bonds is 8. The molecule has 0 bridgehead atoms. The van der Waals surface area contributed by atoms with Crippen LogP contribution in [0.4, 0.5) is 11.4 Å². The van der Waals surface area contributed by atoms with Gasteiger partial charge in [-0.05, 0) is 47.9 Å². The molecule has 0 aliphatic rings. The monoisotopic (exact) mass is 457 g/mol. The zero-order chi connectivity index (χ0) is 23.0. The van der Waals surface area contributed by atoms with Crippen molar-refractivity contribution in [2.45, 2.75) is 11.6 Å². The number of hydrogen-bond donors (Lipinski definition) is 2. The van der Waals surface area contributed by atoms with Crippen LogP contribution in [0.15, 0.2) is 90.3 Å². The van der Waals surface area contributed by atoms with E-state index in [0.29, 0.717) is 16.4 Å². The van der Waals surface area contributed by atoms with Gasteiger partial charge in [0, 0.05) is 24.0 Å². The van der Waals surface area contributed by atoms with E-state index in [-0.39, 0.29) is 17.6 Å². The van der Waals surface area contributed by atoms with Crippen LogP contribution >= 0.6 is 11.8 Å². The van der Waals surface area contributed by atoms with Gasteiger partial charge in [0.2, 0.25) is 5.91 Å². The van der Waals surface area contributed by atoms with Crippen LogP contribution in [0, 0.1) is 0 Å². The molecule has 1 heterocycles. The molecule has 0 saturated carbocycles. The van der Waals surface area contributed by atoms with Gasteiger partial charge < -0.3 is 15.2 Å². The summed E-state index contributed by atoms with van der Waals surface area (Å²) in [6.45, 7) is 0. The smallest absolute Gasteiger partial charge is 0.255 e. The number of carbonyl (C=O) groups excluding carboxylic acids is 2. The minimum atomic E-state index is -0.203. The summed E-state index contributed by atoms with van der Waals surface area (Å²) in [6, 6.07) is 24.7. The maximum Gasteiger partial charge on any atom is 0.255 e. The first-order chi connectivity index (χ1) is 16.1. The number of hydrogen-bond acceptors (Lipinski definition) is 5. The third-order valence-corrected chi connectivity index (χ3v) is 5.97. The molecule has 0 fully saturated rings. The zero-order valence-electron chi connectivity index (χ0n) is 18.1. The molecule has 0 spiro atoms. The molecular weight excluding hydrogens is 434 g/mol. The second-order valence-electron chi connectivity index (χ2n) is 7.41. The Morgan fingerprint density at radius 2 is 1.64 bits per heavy atom. The summed E-state index contributed by atoms with van der Waals surface area (Å²) in [4.78, 5) is 25.0. The quantitative estimate of drug-likeness (QED) is 0.383. The first kappa shape index (κ1) is 22.3. The normalized spacial score (nSPS) is 10.6. The van der Waals surface area contributed by atoms with Crippen LogP contribution in [0.1, 0.15) is 21.5 Å². The Kier molecular flexibility index (Phi) is 7.16. The van der Waals surface area contributed by atoms with Crippen molar-refractivity contribution < 1.29 is 9.59 Å². The molecule has 0 radical (unpaired) electrons. The van der Waals surface area contributed by atoms with Crippen LogP contribution in [-0.2, 0) is 18.3 Å². The fourth-order valence-corrected chi connectivity index (χ4v) is 3.93. The third kappa shape index (κ3) is 6.08. The number of benzene rings is 3. The molecule has 1 aromatic heterocycles. The largest absolute Gasteiger partial charge is 0.325 e. The molecule has 166 valence electrons. The van der Waals surface area contributed by atoms with Crippen LogP contribution in [0.2, 0.25) is 0 Å². The predicted octanol–water partition coefficient (Wildman–Crippen LogP) is 4.39. The van der Waals surface area contributed by atoms with Crippen molar-refractivity contribution >= 4 is 35.0 Å². The molecule has 0 unspecified atom stereocenters. The maximum absolute atomic E-state index is 12.8. The van der Waals surface area contributed by atoms with Crippen LogP contribution in [0.3, 0.4) is 0 Å². The molecular formula is C25H23N5O2S. The molecule has 4 aromatic rings. The molecule has 8 heteroatoms. The Bertz CT molecular complexity index is 1240. The van der Waals surface area contributed by atoms with E-state index in [9.17, 15) is 9.59 Å². The molecule has 33 heavy (non-hydrogen) atoms. The molecule has 2 amide bonds. The number of nitrogens with zero attached hydrogens (tertiary/aromatic N) is 3. The average Bonchev–Trinajstić information content (AvgIpc) is 3.25. The van der Waals surface area contributed by atoms with Gasteiger partial charge in [-0.15, -0.1) is 10.2 Å². The van der Waals surface area contributed by atoms with Gasteiger partial charge in [0.25, 0.3) is 5.91 Å². The fraction of sp³-hybridized carbons (Fsp3) is 0.120. The Morgan fingerprint density at radius 1 is 0.909 bits per heavy atom. The third-order valence-electron chi connectivity index (χ3n) is 4.94. The topological polar surface area (TPSA) is 88.9 Å². The van der Waals surface area contributed by atoms with E-state index < -0.39 is 0 Å². The minimum Gasteiger partial charge on any atom is -0.325 e. The molecule has 0 atom stereocenters. The SMILES string of the molecule is Cn1cnnc1SCC(=O)Nc1ccc(C(=O)Nc2ccccc2Cc2ccccc2)cc1. The highest BCUT2D eigenvalue weighted by atomic mass is 32.2. The van der Waals surface area contributed by atoms with E-state index in [0.717, 1.165) is 17.7 Å². The lowest BCUT2D eigenvalue weighted by molar-refractivity contribution is -0.113. The molecule has 0 aliphatic carbocycles. The van der Waals surface area contributed by atoms with Crippen molar-refractivity contribution in [3.05, 3.63) is 102 Å². The van der Waals surface area contributed by atoms with Gasteiger partial charge >= 0.3 is 0 Å². The Morgan fingerprint density at radius 3 is 2.36 bits per heavy atom. The summed E-state index contributed by atoms with van der Waals surface area (Å²) in [5.74, 6) is -0.145. The van der Waals surface area contributed by atoms with Gasteiger partial charge in [-0.2, -0.15) is 0 Å². The summed E-state index contributed by atoms with van der Waals surface area (Å²) in [7, 11) is 1.82. The Balaban J connectivity index is 1.35. The molecule has 7 nitrogen and oxygen atoms in total. The number of anilines is 2. The lowest BCUT2D eigenvalue weighted by Crippen LogP contribution is -2.15. The summed E-state index contributed by atoms with van der Waals surface area (Å²) in [6.07, 6.45) is 2.32. The number of aromatic nitrogens is 3. The van der Waals surface area contributed by atoms with Gasteiger partial charge in [0.05, 0.1) is 5.75 Å². The van der Waals surface area contributed by atoms with E-state index in [1.165, 1.54) is 17.3 Å². The average molecular weight is 458 g/mol. The van der Waals surface area contributed by atoms with E-state index >= 15 is 0 Å². The molecule has 4 rings (SSSR count). The second kappa shape index (κ2) is 10.6. The van der Waals surface area contributed by atoms with Crippen LogP contribution in [0.25, 0.3) is 0 Å². The lowest BCUT2D eigenvalue weighted by Gasteiger charge is -2.12. The van der Waals surface area contributed by atoms with Crippen molar-refractivity contribution in [2.24, 2.45) is 7.05 Å². The molecule has 3 aromatic carbocycles. The Hall–Kier alpha value is -3.91. The Labute approximate surface area is 196 Å². The summed E-state index contributed by atoms with van der Waals surface area (Å²) in [5.41, 5.74) is 4.14. The number of para-hydroxylation sites is 1. The van der Waals surface area contributed by atoms with Crippen molar-refractivity contribution in [3.63, 3.8) is 0 Å². The minimum absolute atomic E-state index is 0.157. The number of thioether (sulfide) groups is 1. The highest BCUT2D eigenvalue weighted by molar-refractivity contribution is 7.99. The lowest BCUT2D eigenvalue weighted by atomic mass is 10.0.